The summed E-state index contributed by atoms with van der Waals surface area (Å²) < 4.78 is 34.2. The number of carbonyl (C=O) groups excluding carboxylic acids is 1. The molecule has 0 saturated carbocycles. The van der Waals surface area contributed by atoms with E-state index in [4.69, 9.17) is 28.4 Å². The first-order valence-corrected chi connectivity index (χ1v) is 29.5. The number of unbranched alkanes of at least 4 members (excludes halogenated alkanes) is 18. The molecule has 19 nitrogen and oxygen atoms in total. The predicted octanol–water partition coefficient (Wildman–Crippen LogP) is 4.87. The second-order valence-electron chi connectivity index (χ2n) is 21.1. The van der Waals surface area contributed by atoms with Crippen LogP contribution in [0.2, 0.25) is 0 Å². The maximum atomic E-state index is 13.3. The van der Waals surface area contributed by atoms with E-state index in [1.807, 2.05) is 6.08 Å². The Hall–Kier alpha value is -2.51. The van der Waals surface area contributed by atoms with Crippen molar-refractivity contribution in [3.8, 4) is 0 Å². The number of hydrogen-bond acceptors (Lipinski definition) is 18. The van der Waals surface area contributed by atoms with Crippen LogP contribution in [0.3, 0.4) is 0 Å². The summed E-state index contributed by atoms with van der Waals surface area (Å²) >= 11 is 0. The lowest BCUT2D eigenvalue weighted by Crippen LogP contribution is -2.66. The molecular weight excluding hydrogens is 1010 g/mol. The first-order valence-electron chi connectivity index (χ1n) is 29.5. The second-order valence-corrected chi connectivity index (χ2v) is 21.1. The normalized spacial score (nSPS) is 30.9. The topological polar surface area (TPSA) is 307 Å². The predicted molar refractivity (Wildman–Crippen MR) is 295 cm³/mol. The van der Waals surface area contributed by atoms with Crippen molar-refractivity contribution in [2.24, 2.45) is 0 Å². The van der Waals surface area contributed by atoms with Crippen molar-refractivity contribution in [3.63, 3.8) is 0 Å². The standard InChI is InChI=1S/C59H103NO18/c1-3-5-7-9-11-13-15-17-19-20-21-22-23-24-26-28-30-32-34-36-43(64)42(60-47(65)37-35-33-31-29-27-25-18-16-14-12-10-8-6-4-2)41-73-57-53(71)50(68)55(45(39-62)75-57)78-59-54(72)51(69)56(46(40-63)76-59)77-58-52(70)49(67)48(66)44(38-61)74-58/h10,12,16,18,21-22,26,28,34,36,42-46,48-59,61-64,66-72H,3-9,11,13-15,17,19-20,23-25,27,29-33,35,37-41H2,1-2H3,(H,60,65)/b12-10-,18-16-,22-21+,28-26+,36-34+. The van der Waals surface area contributed by atoms with Crippen LogP contribution >= 0.6 is 0 Å². The number of ether oxygens (including phenoxy) is 6. The lowest BCUT2D eigenvalue weighted by atomic mass is 9.96. The highest BCUT2D eigenvalue weighted by Crippen LogP contribution is 2.33. The SMILES string of the molecule is CCCC/C=C\C/C=C\CCCCCCCC(=O)NC(COC1OC(CO)C(OC2OC(CO)C(OC3OC(CO)C(O)C(O)C3O)C(O)C2O)C(O)C1O)C(O)/C=C/CC/C=C/CC/C=C/CCCCCCCCCCC. The number of hydrogen-bond donors (Lipinski definition) is 12. The molecule has 3 heterocycles. The first-order chi connectivity index (χ1) is 37.8. The van der Waals surface area contributed by atoms with Crippen LogP contribution in [0.1, 0.15) is 174 Å². The Morgan fingerprint density at radius 1 is 0.462 bits per heavy atom. The van der Waals surface area contributed by atoms with E-state index in [-0.39, 0.29) is 18.9 Å². The molecule has 3 saturated heterocycles. The molecule has 3 rings (SSSR count). The molecule has 0 bridgehead atoms. The molecule has 0 spiro atoms. The van der Waals surface area contributed by atoms with Gasteiger partial charge < -0.3 is 89.9 Å². The molecule has 452 valence electrons. The smallest absolute Gasteiger partial charge is 0.220 e. The van der Waals surface area contributed by atoms with Gasteiger partial charge in [-0.25, -0.2) is 0 Å². The third kappa shape index (κ3) is 26.2. The van der Waals surface area contributed by atoms with Gasteiger partial charge in [0.1, 0.15) is 73.2 Å². The van der Waals surface area contributed by atoms with Crippen molar-refractivity contribution in [2.45, 2.75) is 279 Å². The number of carbonyl (C=O) groups is 1. The Kier molecular flexibility index (Phi) is 37.9. The van der Waals surface area contributed by atoms with Crippen molar-refractivity contribution in [2.75, 3.05) is 26.4 Å². The van der Waals surface area contributed by atoms with Crippen LogP contribution in [0.5, 0.6) is 0 Å². The van der Waals surface area contributed by atoms with Gasteiger partial charge in [0.25, 0.3) is 0 Å². The molecular formula is C59H103NO18. The van der Waals surface area contributed by atoms with Gasteiger partial charge in [0.05, 0.1) is 38.6 Å². The zero-order valence-corrected chi connectivity index (χ0v) is 46.9. The first kappa shape index (κ1) is 69.8. The molecule has 0 aromatic heterocycles. The maximum absolute atomic E-state index is 13.3. The van der Waals surface area contributed by atoms with Gasteiger partial charge in [0.15, 0.2) is 18.9 Å². The van der Waals surface area contributed by atoms with E-state index < -0.39 is 124 Å². The van der Waals surface area contributed by atoms with E-state index in [1.54, 1.807) is 6.08 Å². The van der Waals surface area contributed by atoms with Crippen molar-refractivity contribution < 1.29 is 89.4 Å². The van der Waals surface area contributed by atoms with E-state index in [9.17, 15) is 61.0 Å². The molecule has 3 fully saturated rings. The Balaban J connectivity index is 1.54. The van der Waals surface area contributed by atoms with Gasteiger partial charge in [-0.2, -0.15) is 0 Å². The summed E-state index contributed by atoms with van der Waals surface area (Å²) in [5.74, 6) is -0.307. The number of aliphatic hydroxyl groups is 11. The number of amides is 1. The summed E-state index contributed by atoms with van der Waals surface area (Å²) in [6.07, 6.45) is 20.6. The zero-order chi connectivity index (χ0) is 56.9. The largest absolute Gasteiger partial charge is 0.394 e. The minimum absolute atomic E-state index is 0.213. The molecule has 0 radical (unpaired) electrons. The van der Waals surface area contributed by atoms with Gasteiger partial charge in [-0.3, -0.25) is 4.79 Å². The third-order valence-electron chi connectivity index (χ3n) is 14.5. The van der Waals surface area contributed by atoms with Gasteiger partial charge in [0, 0.05) is 6.42 Å². The molecule has 3 aliphatic rings. The fourth-order valence-electron chi connectivity index (χ4n) is 9.59. The Labute approximate surface area is 465 Å². The average molecular weight is 1110 g/mol. The van der Waals surface area contributed by atoms with E-state index in [1.165, 1.54) is 70.6 Å². The summed E-state index contributed by atoms with van der Waals surface area (Å²) in [5.41, 5.74) is 0. The summed E-state index contributed by atoms with van der Waals surface area (Å²) in [6.45, 7) is 1.62. The quantitative estimate of drug-likeness (QED) is 0.0287. The summed E-state index contributed by atoms with van der Waals surface area (Å²) in [6, 6.07) is -1.00. The number of allylic oxidation sites excluding steroid dienone is 9. The molecule has 0 aromatic rings. The minimum Gasteiger partial charge on any atom is -0.394 e. The molecule has 3 aliphatic heterocycles. The lowest BCUT2D eigenvalue weighted by molar-refractivity contribution is -0.379. The maximum Gasteiger partial charge on any atom is 0.220 e. The van der Waals surface area contributed by atoms with Gasteiger partial charge >= 0.3 is 0 Å². The van der Waals surface area contributed by atoms with Crippen LogP contribution in [0.15, 0.2) is 60.8 Å². The van der Waals surface area contributed by atoms with Crippen molar-refractivity contribution in [1.82, 2.24) is 5.32 Å². The summed E-state index contributed by atoms with van der Waals surface area (Å²) in [7, 11) is 0. The monoisotopic (exact) mass is 1110 g/mol. The van der Waals surface area contributed by atoms with Gasteiger partial charge in [-0.1, -0.05) is 158 Å². The Morgan fingerprint density at radius 3 is 1.40 bits per heavy atom. The van der Waals surface area contributed by atoms with Crippen LogP contribution < -0.4 is 5.32 Å². The Bertz CT molecular complexity index is 1660. The molecule has 1 amide bonds. The van der Waals surface area contributed by atoms with Crippen LogP contribution in [0.4, 0.5) is 0 Å². The highest BCUT2D eigenvalue weighted by Gasteiger charge is 2.53. The van der Waals surface area contributed by atoms with E-state index in [0.717, 1.165) is 70.6 Å². The fraction of sp³-hybridized carbons (Fsp3) is 0.814. The van der Waals surface area contributed by atoms with E-state index >= 15 is 0 Å². The average Bonchev–Trinajstić information content (AvgIpc) is 3.47. The minimum atomic E-state index is -1.98. The third-order valence-corrected chi connectivity index (χ3v) is 14.5. The molecule has 0 aromatic carbocycles. The van der Waals surface area contributed by atoms with Gasteiger partial charge in [-0.05, 0) is 70.6 Å². The molecule has 17 unspecified atom stereocenters. The zero-order valence-electron chi connectivity index (χ0n) is 46.9. The van der Waals surface area contributed by atoms with Crippen LogP contribution in [-0.4, -0.2) is 193 Å². The summed E-state index contributed by atoms with van der Waals surface area (Å²) in [4.78, 5) is 13.3. The van der Waals surface area contributed by atoms with E-state index in [0.29, 0.717) is 12.8 Å². The highest BCUT2D eigenvalue weighted by atomic mass is 16.8. The Morgan fingerprint density at radius 2 is 0.872 bits per heavy atom. The van der Waals surface area contributed by atoms with Crippen LogP contribution in [-0.2, 0) is 33.2 Å². The number of nitrogens with one attached hydrogen (secondary N) is 1. The van der Waals surface area contributed by atoms with Gasteiger partial charge in [0.2, 0.25) is 5.91 Å². The van der Waals surface area contributed by atoms with Crippen molar-refractivity contribution in [3.05, 3.63) is 60.8 Å². The molecule has 17 atom stereocenters. The summed E-state index contributed by atoms with van der Waals surface area (Å²) in [5, 5.41) is 120. The van der Waals surface area contributed by atoms with Crippen LogP contribution in [0.25, 0.3) is 0 Å². The van der Waals surface area contributed by atoms with Crippen LogP contribution in [0, 0.1) is 0 Å². The van der Waals surface area contributed by atoms with Crippen molar-refractivity contribution >= 4 is 5.91 Å². The second kappa shape index (κ2) is 42.3. The molecule has 12 N–H and O–H groups in total. The molecule has 78 heavy (non-hydrogen) atoms. The number of aliphatic hydroxyl groups excluding tert-OH is 11. The molecule has 0 aliphatic carbocycles. The van der Waals surface area contributed by atoms with E-state index in [2.05, 4.69) is 67.8 Å². The van der Waals surface area contributed by atoms with Gasteiger partial charge in [-0.15, -0.1) is 0 Å². The number of rotatable bonds is 42. The molecule has 19 heteroatoms. The fourth-order valence-corrected chi connectivity index (χ4v) is 9.59. The highest BCUT2D eigenvalue weighted by molar-refractivity contribution is 5.76. The lowest BCUT2D eigenvalue weighted by Gasteiger charge is -2.48. The van der Waals surface area contributed by atoms with Crippen molar-refractivity contribution in [1.29, 1.82) is 0 Å².